The third-order valence-electron chi connectivity index (χ3n) is 5.47. The van der Waals surface area contributed by atoms with Crippen molar-refractivity contribution < 1.29 is 19.0 Å². The molecular weight excluding hydrogens is 308 g/mol. The minimum atomic E-state index is -1.70. The molecule has 2 fully saturated rings. The molecule has 0 aromatic carbocycles. The first-order valence-corrected chi connectivity index (χ1v) is 11.6. The average Bonchev–Trinajstić information content (AvgIpc) is 2.90. The highest BCUT2D eigenvalue weighted by atomic mass is 28.4. The highest BCUT2D eigenvalue weighted by molar-refractivity contribution is 6.74. The van der Waals surface area contributed by atoms with E-state index in [1.807, 2.05) is 0 Å². The van der Waals surface area contributed by atoms with Crippen LogP contribution in [-0.2, 0) is 13.9 Å². The molecule has 0 unspecified atom stereocenters. The number of rotatable bonds is 3. The fourth-order valence-corrected chi connectivity index (χ4v) is 3.80. The second-order valence-corrected chi connectivity index (χ2v) is 13.1. The Hall–Kier alpha value is -0.383. The smallest absolute Gasteiger partial charge is 0.192 e. The largest absolute Gasteiger partial charge is 0.416 e. The Morgan fingerprint density at radius 1 is 1.09 bits per heavy atom. The zero-order chi connectivity index (χ0) is 17.2. The molecule has 2 rings (SSSR count). The third-order valence-corrected chi connectivity index (χ3v) is 10.0. The molecule has 1 spiro atoms. The van der Waals surface area contributed by atoms with Gasteiger partial charge >= 0.3 is 0 Å². The van der Waals surface area contributed by atoms with E-state index < -0.39 is 19.7 Å². The van der Waals surface area contributed by atoms with Crippen LogP contribution in [0.3, 0.4) is 0 Å². The number of hydrogen-bond acceptors (Lipinski definition) is 4. The van der Waals surface area contributed by atoms with E-state index in [0.717, 1.165) is 12.8 Å². The lowest BCUT2D eigenvalue weighted by Crippen LogP contribution is -2.42. The van der Waals surface area contributed by atoms with Gasteiger partial charge in [0.15, 0.2) is 14.1 Å². The van der Waals surface area contributed by atoms with Crippen molar-refractivity contribution in [1.82, 2.24) is 0 Å². The molecule has 1 N–H and O–H groups in total. The van der Waals surface area contributed by atoms with E-state index in [2.05, 4.69) is 45.7 Å². The van der Waals surface area contributed by atoms with Crippen LogP contribution in [0.5, 0.6) is 0 Å². The number of aliphatic hydroxyl groups is 1. The van der Waals surface area contributed by atoms with Crippen molar-refractivity contribution in [2.24, 2.45) is 0 Å². The van der Waals surface area contributed by atoms with Crippen molar-refractivity contribution >= 4 is 8.32 Å². The minimum absolute atomic E-state index is 0.220. The lowest BCUT2D eigenvalue weighted by atomic mass is 9.82. The molecule has 0 aromatic rings. The zero-order valence-electron chi connectivity index (χ0n) is 15.3. The van der Waals surface area contributed by atoms with Crippen LogP contribution >= 0.6 is 0 Å². The van der Waals surface area contributed by atoms with Gasteiger partial charge in [-0.2, -0.15) is 0 Å². The molecule has 4 nitrogen and oxygen atoms in total. The molecule has 0 aromatic heterocycles. The summed E-state index contributed by atoms with van der Waals surface area (Å²) in [6.45, 7) is 13.2. The summed E-state index contributed by atoms with van der Waals surface area (Å²) in [5.41, 5.74) is -0.891. The molecule has 2 aliphatic rings. The van der Waals surface area contributed by atoms with Crippen LogP contribution in [0.4, 0.5) is 0 Å². The molecule has 0 radical (unpaired) electrons. The van der Waals surface area contributed by atoms with Gasteiger partial charge in [0.05, 0.1) is 13.2 Å². The van der Waals surface area contributed by atoms with Gasteiger partial charge in [-0.05, 0) is 31.0 Å². The van der Waals surface area contributed by atoms with Crippen molar-refractivity contribution in [3.05, 3.63) is 0 Å². The summed E-state index contributed by atoms with van der Waals surface area (Å²) in [6.07, 6.45) is 3.34. The Labute approximate surface area is 142 Å². The molecule has 1 aliphatic heterocycles. The van der Waals surface area contributed by atoms with E-state index in [9.17, 15) is 5.11 Å². The van der Waals surface area contributed by atoms with E-state index >= 15 is 0 Å². The predicted molar refractivity (Wildman–Crippen MR) is 93.6 cm³/mol. The normalized spacial score (nSPS) is 23.6. The van der Waals surface area contributed by atoms with Gasteiger partial charge in [0, 0.05) is 25.9 Å². The van der Waals surface area contributed by atoms with Crippen LogP contribution in [0.15, 0.2) is 0 Å². The summed E-state index contributed by atoms with van der Waals surface area (Å²) in [5, 5.41) is 10.8. The van der Waals surface area contributed by atoms with E-state index in [-0.39, 0.29) is 5.04 Å². The summed E-state index contributed by atoms with van der Waals surface area (Å²) < 4.78 is 17.5. The fraction of sp³-hybridized carbons (Fsp3) is 0.889. The minimum Gasteiger partial charge on any atom is -0.416 e. The Morgan fingerprint density at radius 3 is 2.17 bits per heavy atom. The van der Waals surface area contributed by atoms with Gasteiger partial charge in [0.1, 0.15) is 5.60 Å². The van der Waals surface area contributed by atoms with Crippen LogP contribution in [0.2, 0.25) is 18.1 Å². The molecule has 1 aliphatic carbocycles. The molecule has 5 heteroatoms. The molecule has 0 amide bonds. The quantitative estimate of drug-likeness (QED) is 0.486. The molecule has 0 bridgehead atoms. The number of ether oxygens (including phenoxy) is 2. The van der Waals surface area contributed by atoms with Gasteiger partial charge < -0.3 is 19.0 Å². The SMILES string of the molecule is CC(C)(C)[Si](C)(C)OCCC#CC1(O)CCC2(CC1)OCCO2. The molecule has 1 heterocycles. The van der Waals surface area contributed by atoms with Gasteiger partial charge in [-0.25, -0.2) is 0 Å². The third kappa shape index (κ3) is 4.80. The first-order chi connectivity index (χ1) is 10.6. The van der Waals surface area contributed by atoms with E-state index in [4.69, 9.17) is 13.9 Å². The molecule has 1 saturated heterocycles. The fourth-order valence-electron chi connectivity index (χ4n) is 2.76. The van der Waals surface area contributed by atoms with Gasteiger partial charge in [-0.15, -0.1) is 0 Å². The molecule has 1 saturated carbocycles. The van der Waals surface area contributed by atoms with Crippen LogP contribution in [0.25, 0.3) is 0 Å². The summed E-state index contributed by atoms with van der Waals surface area (Å²) in [4.78, 5) is 0. The molecule has 23 heavy (non-hydrogen) atoms. The van der Waals surface area contributed by atoms with Gasteiger partial charge in [-0.1, -0.05) is 32.6 Å². The molecular formula is C18H32O4Si. The van der Waals surface area contributed by atoms with Crippen molar-refractivity contribution in [3.8, 4) is 11.8 Å². The summed E-state index contributed by atoms with van der Waals surface area (Å²) >= 11 is 0. The second kappa shape index (κ2) is 6.85. The average molecular weight is 341 g/mol. The van der Waals surface area contributed by atoms with Crippen LogP contribution in [0.1, 0.15) is 52.9 Å². The summed E-state index contributed by atoms with van der Waals surface area (Å²) in [6, 6.07) is 0. The number of hydrogen-bond donors (Lipinski definition) is 1. The van der Waals surface area contributed by atoms with E-state index in [1.54, 1.807) is 0 Å². The standard InChI is InChI=1S/C18H32O4Si/c1-16(2,3)23(4,5)22-13-7-6-8-17(19)9-11-18(12-10-17)20-14-15-21-18/h19H,7,9-15H2,1-5H3. The highest BCUT2D eigenvalue weighted by Gasteiger charge is 2.45. The highest BCUT2D eigenvalue weighted by Crippen LogP contribution is 2.40. The lowest BCUT2D eigenvalue weighted by molar-refractivity contribution is -0.195. The van der Waals surface area contributed by atoms with Crippen LogP contribution in [0, 0.1) is 11.8 Å². The van der Waals surface area contributed by atoms with Gasteiger partial charge in [0.2, 0.25) is 0 Å². The van der Waals surface area contributed by atoms with Gasteiger partial charge in [0.25, 0.3) is 0 Å². The zero-order valence-corrected chi connectivity index (χ0v) is 16.3. The Bertz CT molecular complexity index is 454. The monoisotopic (exact) mass is 340 g/mol. The van der Waals surface area contributed by atoms with E-state index in [0.29, 0.717) is 39.1 Å². The Morgan fingerprint density at radius 2 is 1.65 bits per heavy atom. The topological polar surface area (TPSA) is 47.9 Å². The lowest BCUT2D eigenvalue weighted by Gasteiger charge is -2.38. The van der Waals surface area contributed by atoms with Crippen molar-refractivity contribution in [2.45, 2.75) is 82.4 Å². The predicted octanol–water partition coefficient (Wildman–Crippen LogP) is 3.45. The maximum atomic E-state index is 10.6. The maximum Gasteiger partial charge on any atom is 0.192 e. The first kappa shape index (κ1) is 18.9. The van der Waals surface area contributed by atoms with Crippen molar-refractivity contribution in [2.75, 3.05) is 19.8 Å². The van der Waals surface area contributed by atoms with Crippen LogP contribution in [-0.4, -0.2) is 44.6 Å². The maximum absolute atomic E-state index is 10.6. The van der Waals surface area contributed by atoms with Crippen molar-refractivity contribution in [3.63, 3.8) is 0 Å². The summed E-state index contributed by atoms with van der Waals surface area (Å²) in [7, 11) is -1.70. The Kier molecular flexibility index (Phi) is 5.65. The van der Waals surface area contributed by atoms with E-state index in [1.165, 1.54) is 0 Å². The van der Waals surface area contributed by atoms with Crippen molar-refractivity contribution in [1.29, 1.82) is 0 Å². The Balaban J connectivity index is 1.77. The molecule has 0 atom stereocenters. The summed E-state index contributed by atoms with van der Waals surface area (Å²) in [5.74, 6) is 5.73. The first-order valence-electron chi connectivity index (χ1n) is 8.72. The second-order valence-electron chi connectivity index (χ2n) is 8.30. The van der Waals surface area contributed by atoms with Gasteiger partial charge in [-0.3, -0.25) is 0 Å². The molecule has 132 valence electrons. The van der Waals surface area contributed by atoms with Crippen LogP contribution < -0.4 is 0 Å².